The van der Waals surface area contributed by atoms with Crippen molar-refractivity contribution < 1.29 is 17.8 Å². The minimum Gasteiger partial charge on any atom is -0.307 e. The van der Waals surface area contributed by atoms with Gasteiger partial charge in [-0.25, -0.2) is 4.63 Å². The van der Waals surface area contributed by atoms with Gasteiger partial charge in [-0.2, -0.15) is 13.2 Å². The van der Waals surface area contributed by atoms with Crippen molar-refractivity contribution in [3.63, 3.8) is 0 Å². The molecule has 1 N–H and O–H groups in total. The third-order valence-electron chi connectivity index (χ3n) is 2.62. The van der Waals surface area contributed by atoms with Gasteiger partial charge in [0.2, 0.25) is 0 Å². The van der Waals surface area contributed by atoms with Crippen molar-refractivity contribution in [2.24, 2.45) is 0 Å². The zero-order valence-electron chi connectivity index (χ0n) is 10.2. The van der Waals surface area contributed by atoms with Crippen LogP contribution in [0.5, 0.6) is 0 Å². The van der Waals surface area contributed by atoms with E-state index >= 15 is 0 Å². The fourth-order valence-corrected chi connectivity index (χ4v) is 1.59. The molecule has 1 aromatic heterocycles. The lowest BCUT2D eigenvalue weighted by atomic mass is 10.1. The van der Waals surface area contributed by atoms with Crippen molar-refractivity contribution in [2.45, 2.75) is 26.2 Å². The molecule has 0 unspecified atom stereocenters. The Balaban J connectivity index is 1.95. The van der Waals surface area contributed by atoms with E-state index in [2.05, 4.69) is 20.3 Å². The SMILES string of the molecule is Cc1nonc1CNCc1cccc(C(F)(F)F)c1. The number of hydrogen-bond acceptors (Lipinski definition) is 4. The van der Waals surface area contributed by atoms with Gasteiger partial charge in [-0.05, 0) is 18.6 Å². The molecule has 19 heavy (non-hydrogen) atoms. The molecule has 1 heterocycles. The Morgan fingerprint density at radius 1 is 1.21 bits per heavy atom. The van der Waals surface area contributed by atoms with E-state index in [0.717, 1.165) is 12.1 Å². The highest BCUT2D eigenvalue weighted by atomic mass is 19.4. The van der Waals surface area contributed by atoms with Gasteiger partial charge in [0, 0.05) is 13.1 Å². The summed E-state index contributed by atoms with van der Waals surface area (Å²) in [7, 11) is 0. The number of aromatic nitrogens is 2. The molecule has 0 amide bonds. The van der Waals surface area contributed by atoms with Crippen LogP contribution in [0.2, 0.25) is 0 Å². The van der Waals surface area contributed by atoms with E-state index in [0.29, 0.717) is 30.0 Å². The van der Waals surface area contributed by atoms with E-state index in [4.69, 9.17) is 0 Å². The zero-order chi connectivity index (χ0) is 13.9. The maximum Gasteiger partial charge on any atom is 0.416 e. The van der Waals surface area contributed by atoms with Gasteiger partial charge in [-0.15, -0.1) is 0 Å². The van der Waals surface area contributed by atoms with Gasteiger partial charge < -0.3 is 5.32 Å². The molecule has 0 atom stereocenters. The standard InChI is InChI=1S/C12H12F3N3O/c1-8-11(18-19-17-8)7-16-6-9-3-2-4-10(5-9)12(13,14)15/h2-5,16H,6-7H2,1H3. The second-order valence-electron chi connectivity index (χ2n) is 4.10. The minimum absolute atomic E-state index is 0.316. The zero-order valence-corrected chi connectivity index (χ0v) is 10.2. The van der Waals surface area contributed by atoms with Crippen LogP contribution in [-0.4, -0.2) is 10.3 Å². The van der Waals surface area contributed by atoms with Crippen LogP contribution >= 0.6 is 0 Å². The first kappa shape index (κ1) is 13.5. The van der Waals surface area contributed by atoms with Gasteiger partial charge in [0.1, 0.15) is 11.4 Å². The molecule has 0 bridgehead atoms. The topological polar surface area (TPSA) is 51.0 Å². The number of hydrogen-bond donors (Lipinski definition) is 1. The lowest BCUT2D eigenvalue weighted by molar-refractivity contribution is -0.137. The Labute approximate surface area is 107 Å². The van der Waals surface area contributed by atoms with Crippen molar-refractivity contribution in [1.82, 2.24) is 15.6 Å². The molecule has 102 valence electrons. The molecular formula is C12H12F3N3O. The second-order valence-corrected chi connectivity index (χ2v) is 4.10. The maximum absolute atomic E-state index is 12.5. The van der Waals surface area contributed by atoms with E-state index in [1.54, 1.807) is 13.0 Å². The van der Waals surface area contributed by atoms with Gasteiger partial charge in [0.15, 0.2) is 0 Å². The highest BCUT2D eigenvalue weighted by Gasteiger charge is 2.30. The summed E-state index contributed by atoms with van der Waals surface area (Å²) in [6.07, 6.45) is -4.32. The highest BCUT2D eigenvalue weighted by molar-refractivity contribution is 5.25. The van der Waals surface area contributed by atoms with E-state index < -0.39 is 11.7 Å². The Hall–Kier alpha value is -1.89. The number of halogens is 3. The smallest absolute Gasteiger partial charge is 0.307 e. The summed E-state index contributed by atoms with van der Waals surface area (Å²) in [4.78, 5) is 0. The molecule has 0 aliphatic rings. The normalized spacial score (nSPS) is 11.8. The number of rotatable bonds is 4. The predicted octanol–water partition coefficient (Wildman–Crippen LogP) is 2.69. The molecule has 0 fully saturated rings. The average molecular weight is 271 g/mol. The molecule has 0 saturated carbocycles. The summed E-state index contributed by atoms with van der Waals surface area (Å²) in [5, 5.41) is 10.3. The van der Waals surface area contributed by atoms with Crippen molar-refractivity contribution >= 4 is 0 Å². The third kappa shape index (κ3) is 3.54. The Morgan fingerprint density at radius 3 is 2.63 bits per heavy atom. The monoisotopic (exact) mass is 271 g/mol. The van der Waals surface area contributed by atoms with Gasteiger partial charge in [0.25, 0.3) is 0 Å². The van der Waals surface area contributed by atoms with Crippen molar-refractivity contribution in [3.8, 4) is 0 Å². The van der Waals surface area contributed by atoms with Crippen LogP contribution in [0.15, 0.2) is 28.9 Å². The van der Waals surface area contributed by atoms with E-state index in [-0.39, 0.29) is 0 Å². The summed E-state index contributed by atoms with van der Waals surface area (Å²) in [5.74, 6) is 0. The molecule has 2 aromatic rings. The van der Waals surface area contributed by atoms with Gasteiger partial charge >= 0.3 is 6.18 Å². The van der Waals surface area contributed by atoms with Crippen LogP contribution in [-0.2, 0) is 19.3 Å². The first-order chi connectivity index (χ1) is 8.97. The quantitative estimate of drug-likeness (QED) is 0.928. The fraction of sp³-hybridized carbons (Fsp3) is 0.333. The first-order valence-corrected chi connectivity index (χ1v) is 5.61. The first-order valence-electron chi connectivity index (χ1n) is 5.61. The summed E-state index contributed by atoms with van der Waals surface area (Å²) in [6.45, 7) is 2.46. The Morgan fingerprint density at radius 2 is 2.00 bits per heavy atom. The summed E-state index contributed by atoms with van der Waals surface area (Å²) >= 11 is 0. The van der Waals surface area contributed by atoms with Crippen molar-refractivity contribution in [1.29, 1.82) is 0 Å². The van der Waals surface area contributed by atoms with Crippen LogP contribution in [0.25, 0.3) is 0 Å². The predicted molar refractivity (Wildman–Crippen MR) is 61.0 cm³/mol. The number of aryl methyl sites for hydroxylation is 1. The Bertz CT molecular complexity index is 551. The van der Waals surface area contributed by atoms with Gasteiger partial charge in [-0.1, -0.05) is 28.5 Å². The second kappa shape index (κ2) is 5.40. The van der Waals surface area contributed by atoms with Crippen molar-refractivity contribution in [3.05, 3.63) is 46.8 Å². The van der Waals surface area contributed by atoms with E-state index in [1.807, 2.05) is 0 Å². The molecule has 0 aliphatic heterocycles. The lowest BCUT2D eigenvalue weighted by Gasteiger charge is -2.09. The number of alkyl halides is 3. The minimum atomic E-state index is -4.32. The maximum atomic E-state index is 12.5. The molecule has 2 rings (SSSR count). The van der Waals surface area contributed by atoms with E-state index in [9.17, 15) is 13.2 Å². The molecule has 7 heteroatoms. The Kier molecular flexibility index (Phi) is 3.84. The summed E-state index contributed by atoms with van der Waals surface area (Å²) in [6, 6.07) is 5.20. The average Bonchev–Trinajstić information content (AvgIpc) is 2.75. The van der Waals surface area contributed by atoms with Gasteiger partial charge in [0.05, 0.1) is 5.56 Å². The number of nitrogens with zero attached hydrogens (tertiary/aromatic N) is 2. The molecule has 0 radical (unpaired) electrons. The molecule has 0 aliphatic carbocycles. The third-order valence-corrected chi connectivity index (χ3v) is 2.62. The van der Waals surface area contributed by atoms with Crippen LogP contribution in [0.3, 0.4) is 0 Å². The number of benzene rings is 1. The highest BCUT2D eigenvalue weighted by Crippen LogP contribution is 2.29. The van der Waals surface area contributed by atoms with E-state index in [1.165, 1.54) is 6.07 Å². The summed E-state index contributed by atoms with van der Waals surface area (Å²) < 4.78 is 42.1. The van der Waals surface area contributed by atoms with Crippen LogP contribution in [0.1, 0.15) is 22.5 Å². The largest absolute Gasteiger partial charge is 0.416 e. The van der Waals surface area contributed by atoms with Gasteiger partial charge in [-0.3, -0.25) is 0 Å². The molecule has 0 spiro atoms. The summed E-state index contributed by atoms with van der Waals surface area (Å²) in [5.41, 5.74) is 1.22. The lowest BCUT2D eigenvalue weighted by Crippen LogP contribution is -2.14. The molecule has 1 aromatic carbocycles. The van der Waals surface area contributed by atoms with Crippen LogP contribution in [0.4, 0.5) is 13.2 Å². The molecule has 4 nitrogen and oxygen atoms in total. The molecular weight excluding hydrogens is 259 g/mol. The van der Waals surface area contributed by atoms with Crippen LogP contribution < -0.4 is 5.32 Å². The number of nitrogens with one attached hydrogen (secondary N) is 1. The van der Waals surface area contributed by atoms with Crippen LogP contribution in [0, 0.1) is 6.92 Å². The molecule has 0 saturated heterocycles. The van der Waals surface area contributed by atoms with Crippen molar-refractivity contribution in [2.75, 3.05) is 0 Å². The fourth-order valence-electron chi connectivity index (χ4n) is 1.59.